The normalized spacial score (nSPS) is 15.4. The summed E-state index contributed by atoms with van der Waals surface area (Å²) < 4.78 is 39.8. The van der Waals surface area contributed by atoms with Crippen molar-refractivity contribution in [2.45, 2.75) is 37.1 Å². The van der Waals surface area contributed by atoms with Gasteiger partial charge in [-0.25, -0.2) is 8.42 Å². The van der Waals surface area contributed by atoms with Gasteiger partial charge in [-0.05, 0) is 62.1 Å². The predicted octanol–water partition coefficient (Wildman–Crippen LogP) is 3.36. The average Bonchev–Trinajstić information content (AvgIpc) is 3.54. The van der Waals surface area contributed by atoms with Gasteiger partial charge in [-0.1, -0.05) is 6.07 Å². The van der Waals surface area contributed by atoms with E-state index < -0.39 is 16.1 Å². The number of benzene rings is 2. The molecule has 182 valence electrons. The van der Waals surface area contributed by atoms with Crippen molar-refractivity contribution in [2.24, 2.45) is 0 Å². The molecule has 1 N–H and O–H groups in total. The van der Waals surface area contributed by atoms with Gasteiger partial charge in [0.1, 0.15) is 17.5 Å². The Morgan fingerprint density at radius 2 is 1.82 bits per heavy atom. The van der Waals surface area contributed by atoms with Crippen LogP contribution in [0.25, 0.3) is 10.9 Å². The first kappa shape index (κ1) is 24.1. The highest BCUT2D eigenvalue weighted by Gasteiger charge is 2.27. The van der Waals surface area contributed by atoms with Gasteiger partial charge < -0.3 is 19.4 Å². The third-order valence-electron chi connectivity index (χ3n) is 6.38. The molecule has 9 heteroatoms. The van der Waals surface area contributed by atoms with Crippen molar-refractivity contribution in [3.63, 3.8) is 0 Å². The molecule has 0 unspecified atom stereocenters. The SMILES string of the molecule is COc1ccc(CCNC(=O)[C@@H](C)n2ccc3cc(S(=O)(=O)N4CCCC4)ccc32)c(OC)c1. The van der Waals surface area contributed by atoms with Crippen LogP contribution < -0.4 is 14.8 Å². The number of aromatic nitrogens is 1. The molecular weight excluding hydrogens is 454 g/mol. The van der Waals surface area contributed by atoms with Crippen molar-refractivity contribution >= 4 is 26.8 Å². The maximum absolute atomic E-state index is 12.9. The Bertz CT molecular complexity index is 1280. The third kappa shape index (κ3) is 4.76. The molecule has 1 aliphatic rings. The molecule has 0 bridgehead atoms. The number of carbonyl (C=O) groups is 1. The summed E-state index contributed by atoms with van der Waals surface area (Å²) in [6.07, 6.45) is 4.24. The molecule has 1 fully saturated rings. The number of hydrogen-bond donors (Lipinski definition) is 1. The highest BCUT2D eigenvalue weighted by Crippen LogP contribution is 2.27. The lowest BCUT2D eigenvalue weighted by Gasteiger charge is -2.17. The quantitative estimate of drug-likeness (QED) is 0.502. The van der Waals surface area contributed by atoms with E-state index in [0.29, 0.717) is 36.7 Å². The Morgan fingerprint density at radius 1 is 1.06 bits per heavy atom. The molecule has 4 rings (SSSR count). The van der Waals surface area contributed by atoms with Crippen molar-refractivity contribution in [1.82, 2.24) is 14.2 Å². The number of nitrogens with one attached hydrogen (secondary N) is 1. The van der Waals surface area contributed by atoms with Crippen LogP contribution in [0.4, 0.5) is 0 Å². The zero-order chi connectivity index (χ0) is 24.3. The Hall–Kier alpha value is -3.04. The summed E-state index contributed by atoms with van der Waals surface area (Å²) in [6, 6.07) is 12.1. The lowest BCUT2D eigenvalue weighted by molar-refractivity contribution is -0.123. The van der Waals surface area contributed by atoms with Gasteiger partial charge >= 0.3 is 0 Å². The molecule has 1 aliphatic heterocycles. The minimum atomic E-state index is -3.48. The number of nitrogens with zero attached hydrogens (tertiary/aromatic N) is 2. The summed E-state index contributed by atoms with van der Waals surface area (Å²) in [7, 11) is -0.265. The fraction of sp³-hybridized carbons (Fsp3) is 0.400. The van der Waals surface area contributed by atoms with Gasteiger partial charge in [0.2, 0.25) is 15.9 Å². The van der Waals surface area contributed by atoms with Gasteiger partial charge in [-0.2, -0.15) is 4.31 Å². The van der Waals surface area contributed by atoms with Gasteiger partial charge in [0, 0.05) is 42.8 Å². The average molecular weight is 486 g/mol. The summed E-state index contributed by atoms with van der Waals surface area (Å²) in [5.74, 6) is 1.32. The first-order chi connectivity index (χ1) is 16.3. The molecular formula is C25H31N3O5S. The summed E-state index contributed by atoms with van der Waals surface area (Å²) in [6.45, 7) is 3.43. The summed E-state index contributed by atoms with van der Waals surface area (Å²) >= 11 is 0. The van der Waals surface area contributed by atoms with Gasteiger partial charge in [-0.3, -0.25) is 4.79 Å². The first-order valence-electron chi connectivity index (χ1n) is 11.4. The van der Waals surface area contributed by atoms with Gasteiger partial charge in [0.25, 0.3) is 0 Å². The standard InChI is InChI=1S/C25H31N3O5S/c1-18(25(29)26-12-10-19-6-7-21(32-2)17-24(19)33-3)28-15-11-20-16-22(8-9-23(20)28)34(30,31)27-13-4-5-14-27/h6-9,11,15-18H,4-5,10,12-14H2,1-3H3,(H,26,29)/t18-/m1/s1. The van der Waals surface area contributed by atoms with Crippen LogP contribution in [0.1, 0.15) is 31.4 Å². The number of fused-ring (bicyclic) bond motifs is 1. The third-order valence-corrected chi connectivity index (χ3v) is 8.27. The second kappa shape index (κ2) is 10.1. The zero-order valence-electron chi connectivity index (χ0n) is 19.8. The topological polar surface area (TPSA) is 89.9 Å². The molecule has 0 aliphatic carbocycles. The van der Waals surface area contributed by atoms with Gasteiger partial charge in [0.15, 0.2) is 0 Å². The number of carbonyl (C=O) groups excluding carboxylic acids is 1. The second-order valence-electron chi connectivity index (χ2n) is 8.45. The molecule has 3 aromatic rings. The second-order valence-corrected chi connectivity index (χ2v) is 10.4. The highest BCUT2D eigenvalue weighted by molar-refractivity contribution is 7.89. The van der Waals surface area contributed by atoms with Crippen LogP contribution in [0, 0.1) is 0 Å². The van der Waals surface area contributed by atoms with Gasteiger partial charge in [-0.15, -0.1) is 0 Å². The van der Waals surface area contributed by atoms with E-state index in [9.17, 15) is 13.2 Å². The molecule has 8 nitrogen and oxygen atoms in total. The number of rotatable bonds is 9. The van der Waals surface area contributed by atoms with Crippen molar-refractivity contribution < 1.29 is 22.7 Å². The van der Waals surface area contributed by atoms with Crippen molar-refractivity contribution in [1.29, 1.82) is 0 Å². The van der Waals surface area contributed by atoms with E-state index in [1.807, 2.05) is 42.0 Å². The van der Waals surface area contributed by atoms with E-state index in [2.05, 4.69) is 5.32 Å². The van der Waals surface area contributed by atoms with Crippen LogP contribution in [0.3, 0.4) is 0 Å². The van der Waals surface area contributed by atoms with Crippen molar-refractivity contribution in [3.05, 3.63) is 54.2 Å². The minimum absolute atomic E-state index is 0.112. The predicted molar refractivity (Wildman–Crippen MR) is 131 cm³/mol. The molecule has 1 amide bonds. The van der Waals surface area contributed by atoms with E-state index in [0.717, 1.165) is 35.1 Å². The maximum atomic E-state index is 12.9. The lowest BCUT2D eigenvalue weighted by Crippen LogP contribution is -2.32. The van der Waals surface area contributed by atoms with Crippen LogP contribution >= 0.6 is 0 Å². The number of amides is 1. The zero-order valence-corrected chi connectivity index (χ0v) is 20.6. The van der Waals surface area contributed by atoms with Crippen LogP contribution in [0.5, 0.6) is 11.5 Å². The maximum Gasteiger partial charge on any atom is 0.243 e. The van der Waals surface area contributed by atoms with E-state index >= 15 is 0 Å². The Kier molecular flexibility index (Phi) is 7.13. The number of sulfonamides is 1. The molecule has 2 aromatic carbocycles. The van der Waals surface area contributed by atoms with Crippen LogP contribution in [0.15, 0.2) is 53.6 Å². The molecule has 1 atom stereocenters. The van der Waals surface area contributed by atoms with Crippen molar-refractivity contribution in [3.8, 4) is 11.5 Å². The Labute approximate surface area is 200 Å². The largest absolute Gasteiger partial charge is 0.497 e. The minimum Gasteiger partial charge on any atom is -0.497 e. The molecule has 1 aromatic heterocycles. The van der Waals surface area contributed by atoms with E-state index in [4.69, 9.17) is 9.47 Å². The number of hydrogen-bond acceptors (Lipinski definition) is 5. The summed E-state index contributed by atoms with van der Waals surface area (Å²) in [5.41, 5.74) is 1.80. The Balaban J connectivity index is 1.43. The molecule has 1 saturated heterocycles. The van der Waals surface area contributed by atoms with E-state index in [1.54, 1.807) is 36.7 Å². The molecule has 0 spiro atoms. The molecule has 0 saturated carbocycles. The highest BCUT2D eigenvalue weighted by atomic mass is 32.2. The molecule has 34 heavy (non-hydrogen) atoms. The fourth-order valence-corrected chi connectivity index (χ4v) is 5.92. The number of ether oxygens (including phenoxy) is 2. The van der Waals surface area contributed by atoms with E-state index in [1.165, 1.54) is 0 Å². The van der Waals surface area contributed by atoms with Crippen LogP contribution in [-0.2, 0) is 21.2 Å². The monoisotopic (exact) mass is 485 g/mol. The summed E-state index contributed by atoms with van der Waals surface area (Å²) in [4.78, 5) is 13.1. The Morgan fingerprint density at radius 3 is 2.53 bits per heavy atom. The van der Waals surface area contributed by atoms with E-state index in [-0.39, 0.29) is 5.91 Å². The van der Waals surface area contributed by atoms with Crippen LogP contribution in [0.2, 0.25) is 0 Å². The fourth-order valence-electron chi connectivity index (χ4n) is 4.37. The summed E-state index contributed by atoms with van der Waals surface area (Å²) in [5, 5.41) is 3.78. The smallest absolute Gasteiger partial charge is 0.243 e. The van der Waals surface area contributed by atoms with Crippen molar-refractivity contribution in [2.75, 3.05) is 33.9 Å². The first-order valence-corrected chi connectivity index (χ1v) is 12.9. The van der Waals surface area contributed by atoms with Gasteiger partial charge in [0.05, 0.1) is 19.1 Å². The van der Waals surface area contributed by atoms with Crippen LogP contribution in [-0.4, -0.2) is 57.1 Å². The molecule has 0 radical (unpaired) electrons. The lowest BCUT2D eigenvalue weighted by atomic mass is 10.1. The molecule has 2 heterocycles. The number of methoxy groups -OCH3 is 2.